The Hall–Kier alpha value is -3.74. The molecule has 1 fully saturated rings. The van der Waals surface area contributed by atoms with Crippen molar-refractivity contribution in [3.8, 4) is 5.75 Å². The number of aromatic hydroxyl groups is 1. The molecule has 216 valence electrons. The van der Waals surface area contributed by atoms with Gasteiger partial charge in [-0.25, -0.2) is 0 Å². The molecule has 7 N–H and O–H groups in total. The number of primary amides is 1. The summed E-state index contributed by atoms with van der Waals surface area (Å²) in [4.78, 5) is 54.6. The van der Waals surface area contributed by atoms with Crippen LogP contribution in [0.3, 0.4) is 0 Å². The van der Waals surface area contributed by atoms with E-state index in [1.807, 2.05) is 6.92 Å². The Morgan fingerprint density at radius 3 is 2.33 bits per heavy atom. The third kappa shape index (κ3) is 4.36. The molecular weight excluding hydrogens is 520 g/mol. The number of nitrogens with zero attached hydrogens (tertiary/aromatic N) is 2. The second kappa shape index (κ2) is 10.3. The molecule has 0 heterocycles. The lowest BCUT2D eigenvalue weighted by atomic mass is 9.57. The monoisotopic (exact) mass is 556 g/mol. The Kier molecular flexibility index (Phi) is 7.56. The maximum absolute atomic E-state index is 14.0. The molecule has 0 spiro atoms. The summed E-state index contributed by atoms with van der Waals surface area (Å²) in [6.07, 6.45) is 0.777. The van der Waals surface area contributed by atoms with Crippen molar-refractivity contribution in [1.29, 1.82) is 0 Å². The molecular formula is C28H36N4O8. The van der Waals surface area contributed by atoms with Crippen molar-refractivity contribution < 1.29 is 39.6 Å². The maximum Gasteiger partial charge on any atom is 0.255 e. The lowest BCUT2D eigenvalue weighted by molar-refractivity contribution is -0.153. The molecule has 12 nitrogen and oxygen atoms in total. The van der Waals surface area contributed by atoms with Gasteiger partial charge in [-0.2, -0.15) is 0 Å². The number of benzene rings is 1. The van der Waals surface area contributed by atoms with Crippen LogP contribution in [-0.2, 0) is 38.6 Å². The summed E-state index contributed by atoms with van der Waals surface area (Å²) >= 11 is 0. The Labute approximate surface area is 231 Å². The molecule has 3 aliphatic carbocycles. The number of aliphatic hydroxyl groups is 3. The normalized spacial score (nSPS) is 26.1. The molecule has 2 amide bonds. The van der Waals surface area contributed by atoms with E-state index >= 15 is 0 Å². The predicted octanol–water partition coefficient (Wildman–Crippen LogP) is -0.296. The van der Waals surface area contributed by atoms with Gasteiger partial charge in [0, 0.05) is 23.6 Å². The zero-order valence-electron chi connectivity index (χ0n) is 23.2. The van der Waals surface area contributed by atoms with Crippen molar-refractivity contribution in [2.75, 3.05) is 34.7 Å². The van der Waals surface area contributed by atoms with Crippen molar-refractivity contribution in [3.05, 3.63) is 45.2 Å². The minimum atomic E-state index is -2.69. The molecule has 40 heavy (non-hydrogen) atoms. The van der Waals surface area contributed by atoms with E-state index in [1.54, 1.807) is 39.2 Å². The van der Waals surface area contributed by atoms with Crippen LogP contribution >= 0.6 is 0 Å². The third-order valence-corrected chi connectivity index (χ3v) is 8.21. The number of phenols is 1. The van der Waals surface area contributed by atoms with Crippen LogP contribution in [0.1, 0.15) is 35.6 Å². The molecule has 0 radical (unpaired) electrons. The molecule has 1 saturated carbocycles. The highest BCUT2D eigenvalue weighted by molar-refractivity contribution is 6.24. The average molecular weight is 557 g/mol. The number of phenolic OH excluding ortho intramolecular Hbond substituents is 1. The van der Waals surface area contributed by atoms with Gasteiger partial charge in [-0.3, -0.25) is 24.1 Å². The molecule has 1 aromatic carbocycles. The summed E-state index contributed by atoms with van der Waals surface area (Å²) in [6, 6.07) is 0.619. The number of rotatable bonds is 7. The fourth-order valence-corrected chi connectivity index (χ4v) is 6.44. The van der Waals surface area contributed by atoms with Crippen LogP contribution in [0.4, 0.5) is 0 Å². The molecule has 4 atom stereocenters. The van der Waals surface area contributed by atoms with Gasteiger partial charge >= 0.3 is 0 Å². The van der Waals surface area contributed by atoms with E-state index < -0.39 is 58.0 Å². The quantitative estimate of drug-likeness (QED) is 0.243. The number of likely N-dealkylation sites (N-methyl/N-ethyl adjacent to an activating group) is 2. The first-order valence-electron chi connectivity index (χ1n) is 13.1. The standard InChI is InChI=1S/C28H36N4O8/c1-6-12-7-14(10-30-17(33)11-31(2)3)22(34)19-15(12)8-13-9-16-21(32(4)5)24(36)20(27(29)39)26(38)28(16,40)25(37)18(13)23(19)35/h7,13,16,21,34-35,38,40H,6,8-11H2,1-5H3,(H2,29,39)(H,30,33)/t13-,16+,21?,28-/m1/s1. The van der Waals surface area contributed by atoms with Gasteiger partial charge < -0.3 is 36.4 Å². The number of amides is 2. The van der Waals surface area contributed by atoms with E-state index in [-0.39, 0.29) is 48.7 Å². The van der Waals surface area contributed by atoms with Crippen molar-refractivity contribution in [2.24, 2.45) is 17.6 Å². The summed E-state index contributed by atoms with van der Waals surface area (Å²) in [7, 11) is 6.60. The van der Waals surface area contributed by atoms with Gasteiger partial charge in [0.15, 0.2) is 11.4 Å². The molecule has 0 aromatic heterocycles. The minimum absolute atomic E-state index is 0.0208. The molecule has 1 aromatic rings. The number of carbonyl (C=O) groups excluding carboxylic acids is 4. The number of hydrogen-bond acceptors (Lipinski definition) is 10. The van der Waals surface area contributed by atoms with E-state index in [1.165, 1.54) is 4.90 Å². The van der Waals surface area contributed by atoms with Crippen LogP contribution < -0.4 is 11.1 Å². The van der Waals surface area contributed by atoms with Crippen LogP contribution in [-0.4, -0.2) is 100.0 Å². The highest BCUT2D eigenvalue weighted by Gasteiger charge is 2.64. The van der Waals surface area contributed by atoms with Crippen LogP contribution in [0.2, 0.25) is 0 Å². The maximum atomic E-state index is 14.0. The van der Waals surface area contributed by atoms with Crippen molar-refractivity contribution in [2.45, 2.75) is 44.4 Å². The number of aliphatic hydroxyl groups excluding tert-OH is 2. The first-order valence-corrected chi connectivity index (χ1v) is 13.1. The molecule has 0 aliphatic heterocycles. The topological polar surface area (TPSA) is 194 Å². The molecule has 1 unspecified atom stereocenters. The Balaban J connectivity index is 1.87. The number of Topliss-reactive ketones (excluding diaryl/α,β-unsaturated/α-hetero) is 2. The van der Waals surface area contributed by atoms with E-state index in [4.69, 9.17) is 5.73 Å². The number of nitrogens with one attached hydrogen (secondary N) is 1. The van der Waals surface area contributed by atoms with Crippen LogP contribution in [0.5, 0.6) is 5.75 Å². The van der Waals surface area contributed by atoms with E-state index in [0.29, 0.717) is 17.5 Å². The third-order valence-electron chi connectivity index (χ3n) is 8.21. The second-order valence-electron chi connectivity index (χ2n) is 11.2. The van der Waals surface area contributed by atoms with Gasteiger partial charge in [-0.05, 0) is 64.5 Å². The van der Waals surface area contributed by atoms with Gasteiger partial charge in [0.05, 0.1) is 18.2 Å². The zero-order chi connectivity index (χ0) is 29.8. The highest BCUT2D eigenvalue weighted by Crippen LogP contribution is 2.53. The molecule has 0 bridgehead atoms. The summed E-state index contributed by atoms with van der Waals surface area (Å²) < 4.78 is 0. The minimum Gasteiger partial charge on any atom is -0.508 e. The van der Waals surface area contributed by atoms with Gasteiger partial charge in [0.2, 0.25) is 11.7 Å². The summed E-state index contributed by atoms with van der Waals surface area (Å²) in [5.74, 6) is -7.17. The SMILES string of the molecule is CCc1cc(CNC(=O)CN(C)C)c(O)c2c1C[C@@H]1C[C@H]3C(N(C)C)C(=O)C(C(N)=O)=C(O)[C@]3(O)C(=O)C1=C2O. The van der Waals surface area contributed by atoms with Gasteiger partial charge in [0.25, 0.3) is 5.91 Å². The average Bonchev–Trinajstić information content (AvgIpc) is 2.85. The fourth-order valence-electron chi connectivity index (χ4n) is 6.44. The molecule has 0 saturated heterocycles. The fraction of sp³-hybridized carbons (Fsp3) is 0.500. The van der Waals surface area contributed by atoms with Gasteiger partial charge in [-0.1, -0.05) is 13.0 Å². The first kappa shape index (κ1) is 29.2. The van der Waals surface area contributed by atoms with Crippen LogP contribution in [0.15, 0.2) is 23.0 Å². The van der Waals surface area contributed by atoms with Crippen molar-refractivity contribution in [1.82, 2.24) is 15.1 Å². The van der Waals surface area contributed by atoms with E-state index in [9.17, 15) is 39.6 Å². The van der Waals surface area contributed by atoms with E-state index in [0.717, 1.165) is 5.56 Å². The van der Waals surface area contributed by atoms with Crippen molar-refractivity contribution >= 4 is 29.1 Å². The van der Waals surface area contributed by atoms with Crippen LogP contribution in [0.25, 0.3) is 5.76 Å². The Morgan fingerprint density at radius 1 is 1.12 bits per heavy atom. The number of nitrogens with two attached hydrogens (primary N) is 1. The number of fused-ring (bicyclic) bond motifs is 3. The lowest BCUT2D eigenvalue weighted by Gasteiger charge is -2.50. The van der Waals surface area contributed by atoms with Crippen molar-refractivity contribution in [3.63, 3.8) is 0 Å². The lowest BCUT2D eigenvalue weighted by Crippen LogP contribution is -2.65. The summed E-state index contributed by atoms with van der Waals surface area (Å²) in [6.45, 7) is 2.01. The molecule has 12 heteroatoms. The number of hydrogen-bond donors (Lipinski definition) is 6. The van der Waals surface area contributed by atoms with Gasteiger partial charge in [-0.15, -0.1) is 0 Å². The highest BCUT2D eigenvalue weighted by atomic mass is 16.3. The molecule has 3 aliphatic rings. The Morgan fingerprint density at radius 2 is 1.77 bits per heavy atom. The summed E-state index contributed by atoms with van der Waals surface area (Å²) in [5.41, 5.74) is 3.38. The number of carbonyl (C=O) groups is 4. The van der Waals surface area contributed by atoms with E-state index in [2.05, 4.69) is 5.32 Å². The largest absolute Gasteiger partial charge is 0.508 e. The first-order chi connectivity index (χ1) is 18.7. The second-order valence-corrected chi connectivity index (χ2v) is 11.2. The predicted molar refractivity (Wildman–Crippen MR) is 144 cm³/mol. The van der Waals surface area contributed by atoms with Gasteiger partial charge in [0.1, 0.15) is 22.8 Å². The Bertz CT molecular complexity index is 1380. The zero-order valence-corrected chi connectivity index (χ0v) is 23.2. The summed E-state index contributed by atoms with van der Waals surface area (Å²) in [5, 5.41) is 48.1. The van der Waals surface area contributed by atoms with Crippen LogP contribution in [0, 0.1) is 11.8 Å². The number of aryl methyl sites for hydroxylation is 1. The number of ketones is 2. The smallest absolute Gasteiger partial charge is 0.255 e. The molecule has 4 rings (SSSR count).